The third-order valence-corrected chi connectivity index (χ3v) is 4.19. The topological polar surface area (TPSA) is 47.1 Å². The summed E-state index contributed by atoms with van der Waals surface area (Å²) in [7, 11) is 0. The molecule has 108 valence electrons. The Morgan fingerprint density at radius 2 is 2.21 bits per heavy atom. The van der Waals surface area contributed by atoms with Gasteiger partial charge in [0, 0.05) is 19.1 Å². The minimum absolute atomic E-state index is 0.670. The maximum Gasteiger partial charge on any atom is 0.0625 e. The summed E-state index contributed by atoms with van der Waals surface area (Å²) >= 11 is 0. The van der Waals surface area contributed by atoms with Gasteiger partial charge < -0.3 is 5.73 Å². The van der Waals surface area contributed by atoms with Crippen LogP contribution in [0.25, 0.3) is 0 Å². The number of piperidine rings is 1. The first-order chi connectivity index (χ1) is 9.28. The fourth-order valence-corrected chi connectivity index (χ4v) is 3.08. The van der Waals surface area contributed by atoms with E-state index in [1.807, 2.05) is 0 Å². The molecular formula is C15H28N4. The van der Waals surface area contributed by atoms with Crippen LogP contribution < -0.4 is 5.73 Å². The summed E-state index contributed by atoms with van der Waals surface area (Å²) in [6.07, 6.45) is 6.13. The highest BCUT2D eigenvalue weighted by Crippen LogP contribution is 2.22. The third-order valence-electron chi connectivity index (χ3n) is 4.19. The standard InChI is InChI=1S/C15H28N4/c1-3-13-11-15(19(4-2)17-13)12-18-10-6-5-7-14(18)8-9-16/h11,14H,3-10,12,16H2,1-2H3. The molecular weight excluding hydrogens is 236 g/mol. The van der Waals surface area contributed by atoms with E-state index in [2.05, 4.69) is 34.6 Å². The second-order valence-electron chi connectivity index (χ2n) is 5.49. The Morgan fingerprint density at radius 1 is 1.37 bits per heavy atom. The van der Waals surface area contributed by atoms with Crippen LogP contribution in [-0.4, -0.2) is 33.8 Å². The van der Waals surface area contributed by atoms with Crippen molar-refractivity contribution in [2.75, 3.05) is 13.1 Å². The first-order valence-electron chi connectivity index (χ1n) is 7.78. The molecule has 1 saturated heterocycles. The molecule has 1 aromatic heterocycles. The van der Waals surface area contributed by atoms with E-state index < -0.39 is 0 Å². The Hall–Kier alpha value is -0.870. The van der Waals surface area contributed by atoms with Crippen LogP contribution in [0, 0.1) is 0 Å². The number of aryl methyl sites for hydroxylation is 2. The molecule has 1 unspecified atom stereocenters. The van der Waals surface area contributed by atoms with Crippen molar-refractivity contribution in [3.05, 3.63) is 17.5 Å². The highest BCUT2D eigenvalue weighted by molar-refractivity contribution is 5.10. The van der Waals surface area contributed by atoms with Gasteiger partial charge in [-0.3, -0.25) is 9.58 Å². The van der Waals surface area contributed by atoms with Crippen molar-refractivity contribution in [2.24, 2.45) is 5.73 Å². The van der Waals surface area contributed by atoms with Crippen molar-refractivity contribution in [1.29, 1.82) is 0 Å². The zero-order chi connectivity index (χ0) is 13.7. The van der Waals surface area contributed by atoms with E-state index in [4.69, 9.17) is 5.73 Å². The number of hydrogen-bond acceptors (Lipinski definition) is 3. The van der Waals surface area contributed by atoms with Gasteiger partial charge in [-0.15, -0.1) is 0 Å². The lowest BCUT2D eigenvalue weighted by molar-refractivity contribution is 0.130. The van der Waals surface area contributed by atoms with Gasteiger partial charge >= 0.3 is 0 Å². The Kier molecular flexibility index (Phi) is 5.40. The number of nitrogens with zero attached hydrogens (tertiary/aromatic N) is 3. The van der Waals surface area contributed by atoms with E-state index in [9.17, 15) is 0 Å². The van der Waals surface area contributed by atoms with Crippen molar-refractivity contribution in [3.8, 4) is 0 Å². The van der Waals surface area contributed by atoms with Gasteiger partial charge in [-0.25, -0.2) is 0 Å². The van der Waals surface area contributed by atoms with Crippen molar-refractivity contribution >= 4 is 0 Å². The highest BCUT2D eigenvalue weighted by atomic mass is 15.3. The second-order valence-corrected chi connectivity index (χ2v) is 5.49. The maximum absolute atomic E-state index is 5.75. The molecule has 2 heterocycles. The highest BCUT2D eigenvalue weighted by Gasteiger charge is 2.22. The van der Waals surface area contributed by atoms with Crippen molar-refractivity contribution in [2.45, 2.75) is 65.1 Å². The molecule has 1 aromatic rings. The number of nitrogens with two attached hydrogens (primary N) is 1. The van der Waals surface area contributed by atoms with E-state index in [0.717, 1.165) is 32.5 Å². The lowest BCUT2D eigenvalue weighted by atomic mass is 9.99. The molecule has 1 aliphatic rings. The largest absolute Gasteiger partial charge is 0.330 e. The Labute approximate surface area is 117 Å². The molecule has 1 atom stereocenters. The zero-order valence-electron chi connectivity index (χ0n) is 12.4. The summed E-state index contributed by atoms with van der Waals surface area (Å²) in [4.78, 5) is 2.61. The Morgan fingerprint density at radius 3 is 2.89 bits per heavy atom. The number of likely N-dealkylation sites (tertiary alicyclic amines) is 1. The molecule has 19 heavy (non-hydrogen) atoms. The van der Waals surface area contributed by atoms with Gasteiger partial charge in [0.1, 0.15) is 0 Å². The summed E-state index contributed by atoms with van der Waals surface area (Å²) < 4.78 is 2.16. The van der Waals surface area contributed by atoms with Gasteiger partial charge in [-0.05, 0) is 51.8 Å². The summed E-state index contributed by atoms with van der Waals surface area (Å²) in [5.41, 5.74) is 8.33. The number of rotatable bonds is 6. The molecule has 0 radical (unpaired) electrons. The average Bonchev–Trinajstić information content (AvgIpc) is 2.83. The van der Waals surface area contributed by atoms with Crippen LogP contribution in [0.5, 0.6) is 0 Å². The molecule has 2 rings (SSSR count). The van der Waals surface area contributed by atoms with E-state index in [-0.39, 0.29) is 0 Å². The fraction of sp³-hybridized carbons (Fsp3) is 0.800. The SMILES string of the molecule is CCc1cc(CN2CCCCC2CCN)n(CC)n1. The van der Waals surface area contributed by atoms with Gasteiger partial charge in [0.2, 0.25) is 0 Å². The first kappa shape index (κ1) is 14.5. The van der Waals surface area contributed by atoms with Crippen molar-refractivity contribution in [3.63, 3.8) is 0 Å². The molecule has 2 N–H and O–H groups in total. The minimum Gasteiger partial charge on any atom is -0.330 e. The van der Waals surface area contributed by atoms with Gasteiger partial charge in [-0.1, -0.05) is 13.3 Å². The number of aromatic nitrogens is 2. The van der Waals surface area contributed by atoms with Crippen LogP contribution in [0.1, 0.15) is 50.9 Å². The summed E-state index contributed by atoms with van der Waals surface area (Å²) in [6, 6.07) is 2.95. The third kappa shape index (κ3) is 3.57. The van der Waals surface area contributed by atoms with E-state index in [1.165, 1.54) is 37.2 Å². The normalized spacial score (nSPS) is 20.9. The Bertz CT molecular complexity index is 383. The molecule has 0 bridgehead atoms. The van der Waals surface area contributed by atoms with Gasteiger partial charge in [-0.2, -0.15) is 5.10 Å². The molecule has 1 aliphatic heterocycles. The smallest absolute Gasteiger partial charge is 0.0625 e. The molecule has 0 saturated carbocycles. The van der Waals surface area contributed by atoms with Crippen LogP contribution in [0.3, 0.4) is 0 Å². The lowest BCUT2D eigenvalue weighted by Gasteiger charge is -2.35. The number of hydrogen-bond donors (Lipinski definition) is 1. The van der Waals surface area contributed by atoms with Gasteiger partial charge in [0.05, 0.1) is 11.4 Å². The quantitative estimate of drug-likeness (QED) is 0.856. The van der Waals surface area contributed by atoms with E-state index in [0.29, 0.717) is 6.04 Å². The van der Waals surface area contributed by atoms with Crippen LogP contribution in [0.4, 0.5) is 0 Å². The average molecular weight is 264 g/mol. The van der Waals surface area contributed by atoms with Crippen LogP contribution >= 0.6 is 0 Å². The first-order valence-corrected chi connectivity index (χ1v) is 7.78. The zero-order valence-corrected chi connectivity index (χ0v) is 12.4. The maximum atomic E-state index is 5.75. The minimum atomic E-state index is 0.670. The summed E-state index contributed by atoms with van der Waals surface area (Å²) in [5, 5.41) is 4.65. The van der Waals surface area contributed by atoms with E-state index >= 15 is 0 Å². The van der Waals surface area contributed by atoms with Gasteiger partial charge in [0.15, 0.2) is 0 Å². The van der Waals surface area contributed by atoms with Gasteiger partial charge in [0.25, 0.3) is 0 Å². The Balaban J connectivity index is 2.07. The molecule has 1 fully saturated rings. The molecule has 4 heteroatoms. The van der Waals surface area contributed by atoms with Crippen molar-refractivity contribution in [1.82, 2.24) is 14.7 Å². The predicted octanol–water partition coefficient (Wildman–Crippen LogP) is 2.17. The predicted molar refractivity (Wildman–Crippen MR) is 79.0 cm³/mol. The fourth-order valence-electron chi connectivity index (χ4n) is 3.08. The second kappa shape index (κ2) is 7.06. The van der Waals surface area contributed by atoms with Crippen LogP contribution in [-0.2, 0) is 19.5 Å². The van der Waals surface area contributed by atoms with Crippen LogP contribution in [0.2, 0.25) is 0 Å². The molecule has 0 aromatic carbocycles. The molecule has 0 amide bonds. The summed E-state index contributed by atoms with van der Waals surface area (Å²) in [6.45, 7) is 8.35. The molecule has 4 nitrogen and oxygen atoms in total. The summed E-state index contributed by atoms with van der Waals surface area (Å²) in [5.74, 6) is 0. The van der Waals surface area contributed by atoms with Crippen molar-refractivity contribution < 1.29 is 0 Å². The molecule has 0 spiro atoms. The van der Waals surface area contributed by atoms with Crippen LogP contribution in [0.15, 0.2) is 6.07 Å². The lowest BCUT2D eigenvalue weighted by Crippen LogP contribution is -2.40. The van der Waals surface area contributed by atoms with E-state index in [1.54, 1.807) is 0 Å². The molecule has 0 aliphatic carbocycles. The monoisotopic (exact) mass is 264 g/mol.